The number of thioether (sulfide) groups is 1. The molecule has 40 heavy (non-hydrogen) atoms. The molecular weight excluding hydrogens is 641 g/mol. The predicted octanol–water partition coefficient (Wildman–Crippen LogP) is 0.785. The van der Waals surface area contributed by atoms with Gasteiger partial charge in [0, 0.05) is 6.54 Å². The third-order valence-corrected chi connectivity index (χ3v) is 11.2. The van der Waals surface area contributed by atoms with E-state index in [4.69, 9.17) is 4.42 Å². The number of amides is 2. The number of Topliss-reactive ketones (excluding diaryl/α,β-unsaturated/α-hetero) is 1. The molecule has 2 heterocycles. The molecule has 220 valence electrons. The first-order valence-corrected chi connectivity index (χ1v) is 17.7. The SMILES string of the molecule is CC(C)Sc1nnc(C(=O)C(CC(C)C2C[I-]2)NC(=O)[C@@H]2CCCC[C@@H]2NC(=O)c2ccc(CN(C)C)cc2)o1. The summed E-state index contributed by atoms with van der Waals surface area (Å²) in [6.07, 6.45) is 3.79. The molecule has 2 amide bonds. The van der Waals surface area contributed by atoms with Crippen molar-refractivity contribution in [3.63, 3.8) is 0 Å². The van der Waals surface area contributed by atoms with Crippen LogP contribution in [0.4, 0.5) is 0 Å². The van der Waals surface area contributed by atoms with Crippen molar-refractivity contribution in [2.75, 3.05) is 18.5 Å². The molecule has 1 aliphatic carbocycles. The number of alkyl halides is 2. The van der Waals surface area contributed by atoms with Gasteiger partial charge in [0.1, 0.15) is 0 Å². The molecule has 1 aromatic heterocycles. The second-order valence-electron chi connectivity index (χ2n) is 11.4. The Morgan fingerprint density at radius 3 is 2.45 bits per heavy atom. The Labute approximate surface area is 251 Å². The standard InChI is InChI=1S/C29H41IN5O4S/c1-17(2)40-29-34-33-28(39-29)25(36)24(14-18(3)22-15-30-22)32-27(38)21-8-6-7-9-23(21)31-26(37)20-12-10-19(11-13-20)16-35(4)5/h10-13,17-18,21-24H,6-9,14-16H2,1-5H3,(H,31,37)(H,32,38)/q-1/t18?,21-,22?,23+,24?/m1/s1. The van der Waals surface area contributed by atoms with Gasteiger partial charge in [-0.25, -0.2) is 0 Å². The quantitative estimate of drug-likeness (QED) is 0.138. The Morgan fingerprint density at radius 2 is 1.80 bits per heavy atom. The average Bonchev–Trinajstić information content (AvgIpc) is 3.67. The summed E-state index contributed by atoms with van der Waals surface area (Å²) in [7, 11) is 4.01. The molecule has 2 aliphatic rings. The van der Waals surface area contributed by atoms with Gasteiger partial charge in [0.15, 0.2) is 0 Å². The van der Waals surface area contributed by atoms with Gasteiger partial charge in [-0.2, -0.15) is 0 Å². The van der Waals surface area contributed by atoms with Crippen molar-refractivity contribution in [2.24, 2.45) is 11.8 Å². The molecule has 1 saturated heterocycles. The van der Waals surface area contributed by atoms with Crippen LogP contribution in [0.25, 0.3) is 0 Å². The Morgan fingerprint density at radius 1 is 1.10 bits per heavy atom. The zero-order chi connectivity index (χ0) is 28.8. The molecule has 3 unspecified atom stereocenters. The number of ketones is 1. The average molecular weight is 683 g/mol. The van der Waals surface area contributed by atoms with Crippen LogP contribution in [0.1, 0.15) is 79.5 Å². The van der Waals surface area contributed by atoms with E-state index in [-0.39, 0.29) is 56.0 Å². The van der Waals surface area contributed by atoms with Crippen LogP contribution in [0.3, 0.4) is 0 Å². The fourth-order valence-electron chi connectivity index (χ4n) is 5.09. The molecule has 4 rings (SSSR count). The molecule has 0 radical (unpaired) electrons. The summed E-state index contributed by atoms with van der Waals surface area (Å²) in [5, 5.41) is 14.8. The van der Waals surface area contributed by atoms with Crippen molar-refractivity contribution < 1.29 is 40.0 Å². The van der Waals surface area contributed by atoms with Crippen molar-refractivity contribution in [3.8, 4) is 0 Å². The zero-order valence-corrected chi connectivity index (χ0v) is 27.0. The van der Waals surface area contributed by atoms with Crippen LogP contribution in [0, 0.1) is 11.8 Å². The van der Waals surface area contributed by atoms with Crippen LogP contribution in [0.2, 0.25) is 0 Å². The molecule has 2 aromatic rings. The third-order valence-electron chi connectivity index (χ3n) is 7.28. The molecule has 9 nitrogen and oxygen atoms in total. The number of benzene rings is 1. The van der Waals surface area contributed by atoms with E-state index < -0.39 is 12.0 Å². The van der Waals surface area contributed by atoms with Crippen LogP contribution in [0.15, 0.2) is 33.9 Å². The number of rotatable bonds is 13. The predicted molar refractivity (Wildman–Crippen MR) is 151 cm³/mol. The van der Waals surface area contributed by atoms with Crippen molar-refractivity contribution in [1.29, 1.82) is 0 Å². The number of carbonyl (C=O) groups excluding carboxylic acids is 3. The van der Waals surface area contributed by atoms with Gasteiger partial charge in [0.05, 0.1) is 0 Å². The summed E-state index contributed by atoms with van der Waals surface area (Å²) in [5.41, 5.74) is 1.71. The van der Waals surface area contributed by atoms with E-state index in [9.17, 15) is 14.4 Å². The first kappa shape index (κ1) is 31.0. The van der Waals surface area contributed by atoms with Gasteiger partial charge < -0.3 is 4.90 Å². The maximum absolute atomic E-state index is 13.7. The van der Waals surface area contributed by atoms with Gasteiger partial charge in [0.2, 0.25) is 0 Å². The number of carbonyl (C=O) groups is 3. The van der Waals surface area contributed by atoms with Gasteiger partial charge in [-0.05, 0) is 19.7 Å². The summed E-state index contributed by atoms with van der Waals surface area (Å²) in [6, 6.07) is 6.57. The first-order valence-electron chi connectivity index (χ1n) is 14.1. The van der Waals surface area contributed by atoms with E-state index in [1.807, 2.05) is 52.2 Å². The fraction of sp³-hybridized carbons (Fsp3) is 0.621. The van der Waals surface area contributed by atoms with Crippen LogP contribution in [0.5, 0.6) is 0 Å². The Balaban J connectivity index is 1.44. The van der Waals surface area contributed by atoms with Crippen molar-refractivity contribution >= 4 is 29.4 Å². The van der Waals surface area contributed by atoms with Crippen molar-refractivity contribution in [1.82, 2.24) is 25.7 Å². The van der Waals surface area contributed by atoms with E-state index in [2.05, 4.69) is 32.7 Å². The molecule has 2 fully saturated rings. The molecule has 1 saturated carbocycles. The molecule has 1 aliphatic heterocycles. The Hall–Kier alpha value is -1.99. The third kappa shape index (κ3) is 8.75. The zero-order valence-electron chi connectivity index (χ0n) is 24.0. The monoisotopic (exact) mass is 682 g/mol. The summed E-state index contributed by atoms with van der Waals surface area (Å²) < 4.78 is 7.61. The second kappa shape index (κ2) is 14.3. The summed E-state index contributed by atoms with van der Waals surface area (Å²) in [6.45, 7) is 6.99. The van der Waals surface area contributed by atoms with Crippen LogP contribution in [-0.4, -0.2) is 72.5 Å². The Bertz CT molecular complexity index is 1170. The molecule has 11 heteroatoms. The van der Waals surface area contributed by atoms with Gasteiger partial charge in [-0.15, -0.1) is 0 Å². The van der Waals surface area contributed by atoms with Crippen molar-refractivity contribution in [3.05, 3.63) is 41.3 Å². The van der Waals surface area contributed by atoms with E-state index in [1.54, 1.807) is 0 Å². The van der Waals surface area contributed by atoms with Gasteiger partial charge in [-0.3, -0.25) is 0 Å². The first-order chi connectivity index (χ1) is 19.1. The Kier molecular flexibility index (Phi) is 11.0. The van der Waals surface area contributed by atoms with E-state index in [1.165, 1.54) is 16.2 Å². The summed E-state index contributed by atoms with van der Waals surface area (Å²) >= 11 is 1.61. The summed E-state index contributed by atoms with van der Waals surface area (Å²) in [4.78, 5) is 42.3. The number of hydrogen-bond acceptors (Lipinski definition) is 8. The van der Waals surface area contributed by atoms with Crippen LogP contribution >= 0.6 is 11.8 Å². The van der Waals surface area contributed by atoms with Gasteiger partial charge in [-0.1, -0.05) is 12.1 Å². The fourth-order valence-corrected chi connectivity index (χ4v) is 8.03. The van der Waals surface area contributed by atoms with Crippen molar-refractivity contribution in [2.45, 2.75) is 85.9 Å². The molecule has 0 bridgehead atoms. The molecule has 1 aromatic carbocycles. The number of halogens is 1. The molecule has 2 N–H and O–H groups in total. The number of nitrogens with zero attached hydrogens (tertiary/aromatic N) is 3. The normalized spacial score (nSPS) is 22.3. The molecular formula is C29H41IN5O4S-. The summed E-state index contributed by atoms with van der Waals surface area (Å²) in [5.74, 6) is -0.834. The second-order valence-corrected chi connectivity index (χ2v) is 16.3. The van der Waals surface area contributed by atoms with Crippen LogP contribution in [-0.2, 0) is 11.3 Å². The van der Waals surface area contributed by atoms with Gasteiger partial charge in [0.25, 0.3) is 0 Å². The number of hydrogen-bond donors (Lipinski definition) is 2. The molecule has 5 atom stereocenters. The van der Waals surface area contributed by atoms with Crippen LogP contribution < -0.4 is 31.8 Å². The topological polar surface area (TPSA) is 117 Å². The number of aromatic nitrogens is 2. The van der Waals surface area contributed by atoms with Gasteiger partial charge >= 0.3 is 209 Å². The maximum atomic E-state index is 13.7. The minimum absolute atomic E-state index is 0.0580. The van der Waals surface area contributed by atoms with E-state index in [0.29, 0.717) is 33.5 Å². The van der Waals surface area contributed by atoms with E-state index >= 15 is 0 Å². The number of nitrogens with one attached hydrogen (secondary N) is 2. The molecule has 0 spiro atoms. The van der Waals surface area contributed by atoms with E-state index in [0.717, 1.165) is 31.4 Å². The minimum atomic E-state index is -0.730.